The van der Waals surface area contributed by atoms with E-state index in [1.165, 1.54) is 18.5 Å². The van der Waals surface area contributed by atoms with Gasteiger partial charge in [0.05, 0.1) is 12.4 Å². The summed E-state index contributed by atoms with van der Waals surface area (Å²) in [4.78, 5) is 20.3. The van der Waals surface area contributed by atoms with E-state index in [0.717, 1.165) is 28.9 Å². The van der Waals surface area contributed by atoms with Crippen LogP contribution in [0.3, 0.4) is 0 Å². The van der Waals surface area contributed by atoms with Gasteiger partial charge < -0.3 is 10.6 Å². The molecule has 0 aliphatic heterocycles. The number of benzene rings is 2. The third-order valence-electron chi connectivity index (χ3n) is 3.71. The molecule has 0 unspecified atom stereocenters. The smallest absolute Gasteiger partial charge is 0.275 e. The summed E-state index contributed by atoms with van der Waals surface area (Å²) in [5.41, 5.74) is 3.30. The van der Waals surface area contributed by atoms with Gasteiger partial charge in [0.15, 0.2) is 11.6 Å². The highest BCUT2D eigenvalue weighted by atomic mass is 19.2. The summed E-state index contributed by atoms with van der Waals surface area (Å²) in [6.45, 7) is 3.99. The number of hydrogen-bond acceptors (Lipinski definition) is 4. The van der Waals surface area contributed by atoms with Crippen LogP contribution >= 0.6 is 0 Å². The fourth-order valence-electron chi connectivity index (χ4n) is 2.37. The van der Waals surface area contributed by atoms with Crippen molar-refractivity contribution in [2.45, 2.75) is 13.8 Å². The second kappa shape index (κ2) is 7.26. The van der Waals surface area contributed by atoms with E-state index >= 15 is 0 Å². The second-order valence-electron chi connectivity index (χ2n) is 5.81. The van der Waals surface area contributed by atoms with E-state index in [1.54, 1.807) is 0 Å². The van der Waals surface area contributed by atoms with Gasteiger partial charge in [-0.3, -0.25) is 4.79 Å². The Balaban J connectivity index is 1.70. The molecule has 7 heteroatoms. The molecule has 132 valence electrons. The first-order chi connectivity index (χ1) is 12.4. The molecule has 0 saturated heterocycles. The lowest BCUT2D eigenvalue weighted by molar-refractivity contribution is 0.102. The molecule has 0 fully saturated rings. The van der Waals surface area contributed by atoms with Crippen LogP contribution in [0.5, 0.6) is 0 Å². The van der Waals surface area contributed by atoms with Crippen molar-refractivity contribution in [2.24, 2.45) is 0 Å². The van der Waals surface area contributed by atoms with Crippen LogP contribution in [-0.4, -0.2) is 15.9 Å². The van der Waals surface area contributed by atoms with Crippen molar-refractivity contribution in [3.8, 4) is 0 Å². The predicted molar refractivity (Wildman–Crippen MR) is 95.5 cm³/mol. The lowest BCUT2D eigenvalue weighted by atomic mass is 10.1. The molecule has 0 radical (unpaired) electrons. The Bertz CT molecular complexity index is 958. The van der Waals surface area contributed by atoms with Gasteiger partial charge in [-0.1, -0.05) is 17.7 Å². The largest absolute Gasteiger partial charge is 0.339 e. The number of carbonyl (C=O) groups excluding carboxylic acids is 1. The molecule has 0 aliphatic rings. The van der Waals surface area contributed by atoms with E-state index in [0.29, 0.717) is 5.82 Å². The van der Waals surface area contributed by atoms with E-state index in [4.69, 9.17) is 0 Å². The van der Waals surface area contributed by atoms with Gasteiger partial charge >= 0.3 is 0 Å². The normalized spacial score (nSPS) is 10.5. The first-order valence-corrected chi connectivity index (χ1v) is 7.85. The van der Waals surface area contributed by atoms with Crippen molar-refractivity contribution < 1.29 is 13.6 Å². The van der Waals surface area contributed by atoms with Crippen molar-refractivity contribution >= 4 is 23.1 Å². The van der Waals surface area contributed by atoms with Crippen molar-refractivity contribution in [1.82, 2.24) is 9.97 Å². The molecule has 3 rings (SSSR count). The lowest BCUT2D eigenvalue weighted by Crippen LogP contribution is -2.14. The molecular weight excluding hydrogens is 338 g/mol. The number of nitrogens with one attached hydrogen (secondary N) is 2. The Morgan fingerprint density at radius 2 is 1.77 bits per heavy atom. The Morgan fingerprint density at radius 1 is 0.962 bits per heavy atom. The van der Waals surface area contributed by atoms with Gasteiger partial charge in [0, 0.05) is 17.4 Å². The van der Waals surface area contributed by atoms with Gasteiger partial charge in [-0.25, -0.2) is 18.7 Å². The zero-order valence-electron chi connectivity index (χ0n) is 14.2. The minimum Gasteiger partial charge on any atom is -0.339 e. The fourth-order valence-corrected chi connectivity index (χ4v) is 2.37. The maximum atomic E-state index is 13.2. The first kappa shape index (κ1) is 17.5. The first-order valence-electron chi connectivity index (χ1n) is 7.85. The number of amides is 1. The molecule has 1 heterocycles. The second-order valence-corrected chi connectivity index (χ2v) is 5.81. The minimum atomic E-state index is -1.04. The van der Waals surface area contributed by atoms with Crippen LogP contribution in [0.4, 0.5) is 26.0 Å². The van der Waals surface area contributed by atoms with E-state index in [1.807, 2.05) is 32.0 Å². The zero-order valence-corrected chi connectivity index (χ0v) is 14.2. The molecule has 2 N–H and O–H groups in total. The van der Waals surface area contributed by atoms with Crippen LogP contribution in [0, 0.1) is 25.5 Å². The van der Waals surface area contributed by atoms with Gasteiger partial charge in [-0.2, -0.15) is 0 Å². The summed E-state index contributed by atoms with van der Waals surface area (Å²) < 4.78 is 26.1. The predicted octanol–water partition coefficient (Wildman–Crippen LogP) is 4.37. The summed E-state index contributed by atoms with van der Waals surface area (Å²) in [6.07, 6.45) is 2.74. The van der Waals surface area contributed by atoms with Gasteiger partial charge in [0.25, 0.3) is 5.91 Å². The number of rotatable bonds is 4. The number of carbonyl (C=O) groups is 1. The van der Waals surface area contributed by atoms with Gasteiger partial charge in [-0.05, 0) is 37.6 Å². The molecule has 2 aromatic carbocycles. The minimum absolute atomic E-state index is 0.0564. The van der Waals surface area contributed by atoms with Crippen molar-refractivity contribution in [1.29, 1.82) is 0 Å². The van der Waals surface area contributed by atoms with Gasteiger partial charge in [-0.15, -0.1) is 0 Å². The molecule has 3 aromatic rings. The fraction of sp³-hybridized carbons (Fsp3) is 0.105. The number of nitrogens with zero attached hydrogens (tertiary/aromatic N) is 2. The monoisotopic (exact) mass is 354 g/mol. The molecular formula is C19H16F2N4O. The summed E-state index contributed by atoms with van der Waals surface area (Å²) in [7, 11) is 0. The number of aryl methyl sites for hydroxylation is 2. The van der Waals surface area contributed by atoms with Gasteiger partial charge in [0.1, 0.15) is 11.5 Å². The molecule has 0 saturated carbocycles. The highest BCUT2D eigenvalue weighted by Crippen LogP contribution is 2.20. The number of aromatic nitrogens is 2. The summed E-state index contributed by atoms with van der Waals surface area (Å²) in [5, 5.41) is 5.57. The average Bonchev–Trinajstić information content (AvgIpc) is 2.61. The molecule has 26 heavy (non-hydrogen) atoms. The van der Waals surface area contributed by atoms with Gasteiger partial charge in [0.2, 0.25) is 0 Å². The van der Waals surface area contributed by atoms with Crippen molar-refractivity contribution in [3.63, 3.8) is 0 Å². The third-order valence-corrected chi connectivity index (χ3v) is 3.71. The molecule has 0 atom stereocenters. The van der Waals surface area contributed by atoms with Crippen molar-refractivity contribution in [2.75, 3.05) is 10.6 Å². The van der Waals surface area contributed by atoms with E-state index in [9.17, 15) is 13.6 Å². The Labute approximate surface area is 149 Å². The maximum absolute atomic E-state index is 13.2. The molecule has 1 amide bonds. The molecule has 0 aliphatic carbocycles. The Morgan fingerprint density at radius 3 is 2.42 bits per heavy atom. The van der Waals surface area contributed by atoms with E-state index in [-0.39, 0.29) is 11.4 Å². The van der Waals surface area contributed by atoms with Crippen LogP contribution in [0.15, 0.2) is 48.8 Å². The highest BCUT2D eigenvalue weighted by molar-refractivity contribution is 6.02. The van der Waals surface area contributed by atoms with Crippen LogP contribution in [0.25, 0.3) is 0 Å². The average molecular weight is 354 g/mol. The van der Waals surface area contributed by atoms with Crippen LogP contribution in [0.2, 0.25) is 0 Å². The van der Waals surface area contributed by atoms with Crippen LogP contribution in [-0.2, 0) is 0 Å². The van der Waals surface area contributed by atoms with Crippen LogP contribution < -0.4 is 10.6 Å². The summed E-state index contributed by atoms with van der Waals surface area (Å²) in [5.74, 6) is -2.10. The van der Waals surface area contributed by atoms with Crippen molar-refractivity contribution in [3.05, 3.63) is 77.2 Å². The standard InChI is InChI=1S/C19H16F2N4O/c1-11-3-6-16(12(2)7-11)25-18-10-22-17(9-23-18)19(26)24-13-4-5-14(20)15(21)8-13/h3-10H,1-2H3,(H,23,25)(H,24,26). The summed E-state index contributed by atoms with van der Waals surface area (Å²) in [6, 6.07) is 9.06. The molecule has 0 bridgehead atoms. The van der Waals surface area contributed by atoms with E-state index < -0.39 is 17.5 Å². The summed E-state index contributed by atoms with van der Waals surface area (Å²) >= 11 is 0. The van der Waals surface area contributed by atoms with E-state index in [2.05, 4.69) is 20.6 Å². The third kappa shape index (κ3) is 4.00. The zero-order chi connectivity index (χ0) is 18.7. The molecule has 1 aromatic heterocycles. The number of halogens is 2. The highest BCUT2D eigenvalue weighted by Gasteiger charge is 2.11. The number of hydrogen-bond donors (Lipinski definition) is 2. The topological polar surface area (TPSA) is 66.9 Å². The molecule has 0 spiro atoms. The van der Waals surface area contributed by atoms with Crippen LogP contribution in [0.1, 0.15) is 21.6 Å². The quantitative estimate of drug-likeness (QED) is 0.730. The maximum Gasteiger partial charge on any atom is 0.275 e. The lowest BCUT2D eigenvalue weighted by Gasteiger charge is -2.10. The molecule has 5 nitrogen and oxygen atoms in total. The SMILES string of the molecule is Cc1ccc(Nc2cnc(C(=O)Nc3ccc(F)c(F)c3)cn2)c(C)c1. The Hall–Kier alpha value is -3.35. The Kier molecular flexibility index (Phi) is 4.88. The number of anilines is 3.